The minimum absolute atomic E-state index is 0.182. The summed E-state index contributed by atoms with van der Waals surface area (Å²) < 4.78 is 2.03. The number of imidazole rings is 1. The van der Waals surface area contributed by atoms with E-state index in [1.54, 1.807) is 12.4 Å². The highest BCUT2D eigenvalue weighted by Gasteiger charge is 2.21. The van der Waals surface area contributed by atoms with Crippen molar-refractivity contribution >= 4 is 40.2 Å². The van der Waals surface area contributed by atoms with Crippen molar-refractivity contribution in [2.24, 2.45) is 0 Å². The number of aromatic nitrogens is 4. The van der Waals surface area contributed by atoms with Gasteiger partial charge in [-0.2, -0.15) is 9.97 Å². The third-order valence-electron chi connectivity index (χ3n) is 7.53. The van der Waals surface area contributed by atoms with E-state index in [1.807, 2.05) is 65.2 Å². The number of aryl methyl sites for hydroxylation is 1. The average molecular weight is 547 g/mol. The van der Waals surface area contributed by atoms with Crippen molar-refractivity contribution in [3.8, 4) is 11.1 Å². The van der Waals surface area contributed by atoms with E-state index in [0.717, 1.165) is 67.4 Å². The average Bonchev–Trinajstić information content (AvgIpc) is 3.45. The summed E-state index contributed by atoms with van der Waals surface area (Å²) in [4.78, 5) is 32.2. The summed E-state index contributed by atoms with van der Waals surface area (Å²) in [7, 11) is 0. The smallest absolute Gasteiger partial charge is 0.255 e. The number of nitrogens with one attached hydrogen (secondary N) is 2. The van der Waals surface area contributed by atoms with E-state index < -0.39 is 0 Å². The van der Waals surface area contributed by atoms with Crippen LogP contribution in [-0.2, 0) is 6.54 Å². The number of nitrogens with zero attached hydrogens (tertiary/aromatic N) is 6. The molecule has 3 heterocycles. The van der Waals surface area contributed by atoms with Crippen molar-refractivity contribution in [2.45, 2.75) is 20.4 Å². The zero-order valence-electron chi connectivity index (χ0n) is 23.4. The molecule has 2 N–H and O–H groups in total. The number of anilines is 4. The molecule has 0 spiro atoms. The molecule has 3 aromatic carbocycles. The van der Waals surface area contributed by atoms with Crippen LogP contribution in [0.4, 0.5) is 23.1 Å². The third kappa shape index (κ3) is 5.76. The quantitative estimate of drug-likeness (QED) is 0.260. The van der Waals surface area contributed by atoms with Gasteiger partial charge in [0.05, 0.1) is 6.33 Å². The van der Waals surface area contributed by atoms with Crippen LogP contribution in [0.2, 0.25) is 0 Å². The molecule has 9 nitrogen and oxygen atoms in total. The van der Waals surface area contributed by atoms with Crippen LogP contribution in [0, 0.1) is 0 Å². The zero-order chi connectivity index (χ0) is 28.2. The Kier molecular flexibility index (Phi) is 7.60. The lowest BCUT2D eigenvalue weighted by molar-refractivity contribution is 0.102. The molecule has 0 unspecified atom stereocenters. The van der Waals surface area contributed by atoms with Gasteiger partial charge < -0.3 is 25.0 Å². The number of rotatable bonds is 8. The van der Waals surface area contributed by atoms with E-state index in [9.17, 15) is 4.79 Å². The van der Waals surface area contributed by atoms with E-state index in [-0.39, 0.29) is 5.91 Å². The summed E-state index contributed by atoms with van der Waals surface area (Å²) in [5, 5.41) is 6.43. The predicted molar refractivity (Wildman–Crippen MR) is 165 cm³/mol. The van der Waals surface area contributed by atoms with Crippen molar-refractivity contribution in [3.05, 3.63) is 90.8 Å². The molecule has 1 fully saturated rings. The number of carbonyl (C=O) groups is 1. The van der Waals surface area contributed by atoms with Crippen LogP contribution in [0.25, 0.3) is 22.3 Å². The van der Waals surface area contributed by atoms with Gasteiger partial charge in [-0.25, -0.2) is 4.98 Å². The lowest BCUT2D eigenvalue weighted by Gasteiger charge is -2.34. The summed E-state index contributed by atoms with van der Waals surface area (Å²) in [6.07, 6.45) is 1.80. The molecule has 0 aliphatic carbocycles. The Morgan fingerprint density at radius 1 is 0.805 bits per heavy atom. The Hall–Kier alpha value is -4.76. The van der Waals surface area contributed by atoms with E-state index in [4.69, 9.17) is 9.97 Å². The molecule has 1 saturated heterocycles. The first-order valence-corrected chi connectivity index (χ1v) is 14.2. The number of fused-ring (bicyclic) bond motifs is 1. The molecule has 1 aliphatic heterocycles. The minimum Gasteiger partial charge on any atom is -0.338 e. The fourth-order valence-electron chi connectivity index (χ4n) is 5.11. The van der Waals surface area contributed by atoms with Gasteiger partial charge in [0.15, 0.2) is 17.0 Å². The molecule has 208 valence electrons. The molecule has 1 aliphatic rings. The fraction of sp³-hybridized carbons (Fsp3) is 0.250. The van der Waals surface area contributed by atoms with Crippen molar-refractivity contribution in [2.75, 3.05) is 48.3 Å². The first kappa shape index (κ1) is 26.5. The monoisotopic (exact) mass is 546 g/mol. The molecule has 0 radical (unpaired) electrons. The summed E-state index contributed by atoms with van der Waals surface area (Å²) >= 11 is 0. The Bertz CT molecular complexity index is 1640. The fourth-order valence-corrected chi connectivity index (χ4v) is 5.11. The third-order valence-corrected chi connectivity index (χ3v) is 7.53. The second-order valence-electron chi connectivity index (χ2n) is 10.1. The SMILES string of the molecule is CCN1CCN(c2nc(Nc3cccc(C(=O)Nc4ccc(-c5ccccc5)cc4)c3)c3ncn(CC)c3n2)CC1. The van der Waals surface area contributed by atoms with Gasteiger partial charge in [-0.05, 0) is 54.9 Å². The van der Waals surface area contributed by atoms with E-state index in [0.29, 0.717) is 22.8 Å². The van der Waals surface area contributed by atoms with Crippen molar-refractivity contribution in [3.63, 3.8) is 0 Å². The number of hydrogen-bond acceptors (Lipinski definition) is 7. The van der Waals surface area contributed by atoms with Crippen molar-refractivity contribution in [1.82, 2.24) is 24.4 Å². The minimum atomic E-state index is -0.182. The molecule has 0 saturated carbocycles. The molecule has 2 aromatic heterocycles. The van der Waals surface area contributed by atoms with Gasteiger partial charge in [0, 0.05) is 49.7 Å². The van der Waals surface area contributed by atoms with Gasteiger partial charge in [0.2, 0.25) is 5.95 Å². The maximum absolute atomic E-state index is 13.1. The summed E-state index contributed by atoms with van der Waals surface area (Å²) in [6, 6.07) is 25.5. The van der Waals surface area contributed by atoms with Gasteiger partial charge in [-0.3, -0.25) is 4.79 Å². The lowest BCUT2D eigenvalue weighted by atomic mass is 10.1. The highest BCUT2D eigenvalue weighted by Crippen LogP contribution is 2.27. The van der Waals surface area contributed by atoms with Crippen LogP contribution in [0.3, 0.4) is 0 Å². The van der Waals surface area contributed by atoms with Crippen LogP contribution >= 0.6 is 0 Å². The Labute approximate surface area is 239 Å². The molecule has 1 amide bonds. The predicted octanol–water partition coefficient (Wildman–Crippen LogP) is 5.65. The maximum atomic E-state index is 13.1. The van der Waals surface area contributed by atoms with Crippen LogP contribution in [0.5, 0.6) is 0 Å². The molecule has 9 heteroatoms. The number of hydrogen-bond donors (Lipinski definition) is 2. The topological polar surface area (TPSA) is 91.2 Å². The molecule has 41 heavy (non-hydrogen) atoms. The highest BCUT2D eigenvalue weighted by molar-refractivity contribution is 6.05. The van der Waals surface area contributed by atoms with E-state index in [1.165, 1.54) is 0 Å². The summed E-state index contributed by atoms with van der Waals surface area (Å²) in [5.41, 5.74) is 5.78. The van der Waals surface area contributed by atoms with Gasteiger partial charge >= 0.3 is 0 Å². The van der Waals surface area contributed by atoms with Gasteiger partial charge in [-0.1, -0.05) is 55.5 Å². The van der Waals surface area contributed by atoms with Crippen LogP contribution in [0.1, 0.15) is 24.2 Å². The van der Waals surface area contributed by atoms with Crippen LogP contribution in [-0.4, -0.2) is 63.0 Å². The largest absolute Gasteiger partial charge is 0.338 e. The van der Waals surface area contributed by atoms with Crippen molar-refractivity contribution in [1.29, 1.82) is 0 Å². The Morgan fingerprint density at radius 2 is 1.56 bits per heavy atom. The number of likely N-dealkylation sites (N-methyl/N-ethyl adjacent to an activating group) is 1. The molecular formula is C32H34N8O. The number of benzene rings is 3. The second kappa shape index (κ2) is 11.8. The van der Waals surface area contributed by atoms with Gasteiger partial charge in [0.1, 0.15) is 0 Å². The first-order chi connectivity index (χ1) is 20.1. The first-order valence-electron chi connectivity index (χ1n) is 14.2. The van der Waals surface area contributed by atoms with E-state index >= 15 is 0 Å². The number of piperazine rings is 1. The zero-order valence-corrected chi connectivity index (χ0v) is 23.4. The normalized spacial score (nSPS) is 13.9. The lowest BCUT2D eigenvalue weighted by Crippen LogP contribution is -2.46. The number of carbonyl (C=O) groups excluding carboxylic acids is 1. The molecule has 6 rings (SSSR count). The number of amides is 1. The molecular weight excluding hydrogens is 512 g/mol. The Balaban J connectivity index is 1.22. The maximum Gasteiger partial charge on any atom is 0.255 e. The second-order valence-corrected chi connectivity index (χ2v) is 10.1. The molecule has 0 bridgehead atoms. The summed E-state index contributed by atoms with van der Waals surface area (Å²) in [5.74, 6) is 1.14. The highest BCUT2D eigenvalue weighted by atomic mass is 16.1. The Morgan fingerprint density at radius 3 is 2.29 bits per heavy atom. The van der Waals surface area contributed by atoms with Crippen molar-refractivity contribution < 1.29 is 4.79 Å². The molecule has 5 aromatic rings. The van der Waals surface area contributed by atoms with E-state index in [2.05, 4.69) is 51.4 Å². The van der Waals surface area contributed by atoms with Gasteiger partial charge in [0.25, 0.3) is 5.91 Å². The van der Waals surface area contributed by atoms with Crippen LogP contribution < -0.4 is 15.5 Å². The van der Waals surface area contributed by atoms with Crippen LogP contribution in [0.15, 0.2) is 85.2 Å². The standard InChI is InChI=1S/C32H34N8O/c1-3-38-17-19-40(20-18-38)32-36-29(28-30(37-32)39(4-2)22-33-28)34-27-12-8-11-25(21-27)31(41)35-26-15-13-24(14-16-26)23-9-6-5-7-10-23/h5-16,21-22H,3-4,17-20H2,1-2H3,(H,35,41)(H,34,36,37). The van der Waals surface area contributed by atoms with Gasteiger partial charge in [-0.15, -0.1) is 0 Å². The summed E-state index contributed by atoms with van der Waals surface area (Å²) in [6.45, 7) is 9.80. The molecule has 0 atom stereocenters.